The number of rotatable bonds is 6. The number of cyclic esters (lactones) is 1. The van der Waals surface area contributed by atoms with Crippen molar-refractivity contribution in [3.05, 3.63) is 67.9 Å². The number of benzene rings is 2. The van der Waals surface area contributed by atoms with Crippen molar-refractivity contribution in [2.45, 2.75) is 6.10 Å². The molecule has 1 aromatic heterocycles. The van der Waals surface area contributed by atoms with E-state index in [0.717, 1.165) is 4.57 Å². The smallest absolute Gasteiger partial charge is 0.343 e. The van der Waals surface area contributed by atoms with Crippen LogP contribution in [0.1, 0.15) is 27.6 Å². The van der Waals surface area contributed by atoms with E-state index in [2.05, 4.69) is 4.98 Å². The van der Waals surface area contributed by atoms with Gasteiger partial charge in [0.25, 0.3) is 5.56 Å². The summed E-state index contributed by atoms with van der Waals surface area (Å²) in [4.78, 5) is 40.3. The third-order valence-electron chi connectivity index (χ3n) is 5.30. The number of carbonyl (C=O) groups is 1. The summed E-state index contributed by atoms with van der Waals surface area (Å²) in [5, 5.41) is 11.1. The van der Waals surface area contributed by atoms with Gasteiger partial charge in [0.1, 0.15) is 22.6 Å². The zero-order valence-electron chi connectivity index (χ0n) is 18.1. The highest BCUT2D eigenvalue weighted by Crippen LogP contribution is 2.45. The second-order valence-electron chi connectivity index (χ2n) is 6.92. The molecule has 2 aromatic carbocycles. The minimum absolute atomic E-state index is 0.0531. The van der Waals surface area contributed by atoms with Crippen molar-refractivity contribution in [1.29, 1.82) is 0 Å². The van der Waals surface area contributed by atoms with Crippen molar-refractivity contribution in [2.24, 2.45) is 0 Å². The van der Waals surface area contributed by atoms with Crippen LogP contribution in [0.15, 0.2) is 39.9 Å². The number of aromatic amines is 1. The number of hydrogen-bond acceptors (Lipinski definition) is 9. The molecule has 1 aliphatic rings. The molecule has 1 unspecified atom stereocenters. The summed E-state index contributed by atoms with van der Waals surface area (Å²) in [5.41, 5.74) is -1.77. The van der Waals surface area contributed by atoms with Crippen LogP contribution in [0.2, 0.25) is 0 Å². The van der Waals surface area contributed by atoms with Crippen molar-refractivity contribution in [3.63, 3.8) is 0 Å². The Morgan fingerprint density at radius 3 is 2.27 bits per heavy atom. The fourth-order valence-corrected chi connectivity index (χ4v) is 3.78. The van der Waals surface area contributed by atoms with E-state index in [1.54, 1.807) is 12.1 Å². The van der Waals surface area contributed by atoms with E-state index in [-0.39, 0.29) is 39.6 Å². The number of aromatic hydroxyl groups is 1. The van der Waals surface area contributed by atoms with Crippen LogP contribution in [0.25, 0.3) is 5.69 Å². The molecule has 0 saturated heterocycles. The van der Waals surface area contributed by atoms with Gasteiger partial charge in [-0.1, -0.05) is 6.07 Å². The summed E-state index contributed by atoms with van der Waals surface area (Å²) in [5.74, 6) is -0.489. The van der Waals surface area contributed by atoms with Crippen molar-refractivity contribution >= 4 is 5.97 Å². The number of carbonyl (C=O) groups excluding carboxylic acids is 1. The molecule has 2 heterocycles. The van der Waals surface area contributed by atoms with Gasteiger partial charge in [0, 0.05) is 11.6 Å². The molecule has 3 aromatic rings. The van der Waals surface area contributed by atoms with E-state index in [1.165, 1.54) is 46.6 Å². The van der Waals surface area contributed by atoms with Gasteiger partial charge < -0.3 is 28.8 Å². The number of methoxy groups -OCH3 is 4. The second-order valence-corrected chi connectivity index (χ2v) is 6.92. The highest BCUT2D eigenvalue weighted by Gasteiger charge is 2.40. The zero-order valence-corrected chi connectivity index (χ0v) is 18.1. The Kier molecular flexibility index (Phi) is 5.46. The average Bonchev–Trinajstić information content (AvgIpc) is 3.14. The van der Waals surface area contributed by atoms with Gasteiger partial charge in [-0.25, -0.2) is 14.2 Å². The number of nitrogens with one attached hydrogen (secondary N) is 1. The zero-order chi connectivity index (χ0) is 23.9. The summed E-state index contributed by atoms with van der Waals surface area (Å²) >= 11 is 0. The third-order valence-corrected chi connectivity index (χ3v) is 5.30. The lowest BCUT2D eigenvalue weighted by molar-refractivity contribution is 0.0447. The van der Waals surface area contributed by atoms with Gasteiger partial charge in [-0.3, -0.25) is 9.78 Å². The van der Waals surface area contributed by atoms with Crippen LogP contribution >= 0.6 is 0 Å². The van der Waals surface area contributed by atoms with E-state index in [0.29, 0.717) is 5.75 Å². The van der Waals surface area contributed by atoms with Crippen LogP contribution < -0.4 is 30.2 Å². The minimum atomic E-state index is -1.31. The predicted molar refractivity (Wildman–Crippen MR) is 114 cm³/mol. The number of esters is 1. The SMILES string of the molecule is COc1ccc(OC)c(-n2c(O)c(C3OC(=O)c4c3ccc(OC)c4OC)c(=O)[nH]c2=O)c1. The summed E-state index contributed by atoms with van der Waals surface area (Å²) < 4.78 is 27.3. The van der Waals surface area contributed by atoms with E-state index in [4.69, 9.17) is 23.7 Å². The molecule has 33 heavy (non-hydrogen) atoms. The van der Waals surface area contributed by atoms with Gasteiger partial charge in [-0.2, -0.15) is 0 Å². The maximum Gasteiger partial charge on any atom is 0.343 e. The van der Waals surface area contributed by atoms with E-state index < -0.39 is 29.2 Å². The summed E-state index contributed by atoms with van der Waals surface area (Å²) in [6.45, 7) is 0. The Labute approximate surface area is 186 Å². The molecule has 4 rings (SSSR count). The largest absolute Gasteiger partial charge is 0.497 e. The number of ether oxygens (including phenoxy) is 5. The lowest BCUT2D eigenvalue weighted by Crippen LogP contribution is -2.33. The fourth-order valence-electron chi connectivity index (χ4n) is 3.78. The number of aromatic nitrogens is 2. The van der Waals surface area contributed by atoms with Gasteiger partial charge in [-0.05, 0) is 18.2 Å². The van der Waals surface area contributed by atoms with Gasteiger partial charge in [0.15, 0.2) is 17.6 Å². The van der Waals surface area contributed by atoms with Crippen LogP contribution in [0.4, 0.5) is 0 Å². The Bertz CT molecular complexity index is 1370. The molecule has 1 aliphatic heterocycles. The highest BCUT2D eigenvalue weighted by atomic mass is 16.6. The normalized spacial score (nSPS) is 14.4. The summed E-state index contributed by atoms with van der Waals surface area (Å²) in [6, 6.07) is 7.65. The first-order chi connectivity index (χ1) is 15.9. The van der Waals surface area contributed by atoms with Crippen LogP contribution in [0, 0.1) is 0 Å². The number of hydrogen-bond donors (Lipinski definition) is 2. The standard InChI is InChI=1S/C22H20N2O9/c1-29-10-5-7-13(30-2)12(9-10)24-20(26)16(19(25)23-22(24)28)17-11-6-8-14(31-3)18(32-4)15(11)21(27)33-17/h5-9,17,26H,1-4H3,(H,23,25,28). The number of fused-ring (bicyclic) bond motifs is 1. The quantitative estimate of drug-likeness (QED) is 0.529. The van der Waals surface area contributed by atoms with Crippen molar-refractivity contribution < 1.29 is 33.6 Å². The Morgan fingerprint density at radius 2 is 1.64 bits per heavy atom. The molecule has 1 atom stereocenters. The third kappa shape index (κ3) is 3.34. The predicted octanol–water partition coefficient (Wildman–Crippen LogP) is 1.53. The van der Waals surface area contributed by atoms with Crippen LogP contribution in [0.5, 0.6) is 28.9 Å². The van der Waals surface area contributed by atoms with Crippen LogP contribution in [0.3, 0.4) is 0 Å². The number of nitrogens with zero attached hydrogens (tertiary/aromatic N) is 1. The first-order valence-electron chi connectivity index (χ1n) is 9.62. The summed E-state index contributed by atoms with van der Waals surface area (Å²) in [7, 11) is 5.59. The summed E-state index contributed by atoms with van der Waals surface area (Å²) in [6.07, 6.45) is -1.31. The average molecular weight is 456 g/mol. The molecular formula is C22H20N2O9. The first kappa shape index (κ1) is 21.8. The maximum absolute atomic E-state index is 12.8. The Hall–Kier alpha value is -4.41. The lowest BCUT2D eigenvalue weighted by Gasteiger charge is -2.18. The Morgan fingerprint density at radius 1 is 0.939 bits per heavy atom. The van der Waals surface area contributed by atoms with E-state index in [9.17, 15) is 19.5 Å². The molecule has 0 amide bonds. The molecule has 0 fully saturated rings. The second kappa shape index (κ2) is 8.26. The topological polar surface area (TPSA) is 138 Å². The van der Waals surface area contributed by atoms with Gasteiger partial charge in [0.05, 0.1) is 34.1 Å². The van der Waals surface area contributed by atoms with Crippen molar-refractivity contribution in [2.75, 3.05) is 28.4 Å². The molecule has 2 N–H and O–H groups in total. The number of H-pyrrole nitrogens is 1. The van der Waals surface area contributed by atoms with Crippen molar-refractivity contribution in [1.82, 2.24) is 9.55 Å². The first-order valence-corrected chi connectivity index (χ1v) is 9.62. The molecule has 0 radical (unpaired) electrons. The molecule has 0 spiro atoms. The van der Waals surface area contributed by atoms with Gasteiger partial charge >= 0.3 is 11.7 Å². The van der Waals surface area contributed by atoms with E-state index in [1.807, 2.05) is 0 Å². The molecule has 11 heteroatoms. The highest BCUT2D eigenvalue weighted by molar-refractivity contribution is 5.98. The fraction of sp³-hybridized carbons (Fsp3) is 0.227. The van der Waals surface area contributed by atoms with Crippen LogP contribution in [-0.2, 0) is 4.74 Å². The lowest BCUT2D eigenvalue weighted by atomic mass is 9.99. The molecule has 0 bridgehead atoms. The molecule has 0 aliphatic carbocycles. The minimum Gasteiger partial charge on any atom is -0.497 e. The van der Waals surface area contributed by atoms with Gasteiger partial charge in [0.2, 0.25) is 5.88 Å². The molecular weight excluding hydrogens is 436 g/mol. The molecule has 0 saturated carbocycles. The molecule has 11 nitrogen and oxygen atoms in total. The van der Waals surface area contributed by atoms with Crippen molar-refractivity contribution in [3.8, 4) is 34.6 Å². The maximum atomic E-state index is 12.8. The Balaban J connectivity index is 1.98. The van der Waals surface area contributed by atoms with Gasteiger partial charge in [-0.15, -0.1) is 0 Å². The molecule has 172 valence electrons. The monoisotopic (exact) mass is 456 g/mol. The van der Waals surface area contributed by atoms with E-state index >= 15 is 0 Å². The van der Waals surface area contributed by atoms with Crippen LogP contribution in [-0.4, -0.2) is 49.1 Å².